The highest BCUT2D eigenvalue weighted by atomic mass is 127. The monoisotopic (exact) mass is 431 g/mol. The number of amides is 1. The topological polar surface area (TPSA) is 29.1 Å². The molecule has 0 unspecified atom stereocenters. The minimum absolute atomic E-state index is 0.0310. The summed E-state index contributed by atoms with van der Waals surface area (Å²) in [6.07, 6.45) is 1.94. The maximum atomic E-state index is 12.0. The second-order valence-corrected chi connectivity index (χ2v) is 7.58. The Morgan fingerprint density at radius 3 is 2.83 bits per heavy atom. The predicted molar refractivity (Wildman–Crippen MR) is 87.7 cm³/mol. The van der Waals surface area contributed by atoms with Crippen molar-refractivity contribution >= 4 is 73.1 Å². The van der Waals surface area contributed by atoms with Crippen LogP contribution in [-0.4, -0.2) is 5.91 Å². The Kier molecular flexibility index (Phi) is 3.29. The zero-order valence-electron chi connectivity index (χ0n) is 9.04. The molecule has 3 rings (SSSR count). The number of benzene rings is 1. The molecule has 0 saturated heterocycles. The maximum Gasteiger partial charge on any atom is 0.256 e. The van der Waals surface area contributed by atoms with E-state index in [1.54, 1.807) is 11.3 Å². The fraction of sp³-hybridized carbons (Fsp3) is 0. The Balaban J connectivity index is 2.11. The molecule has 2 aromatic rings. The van der Waals surface area contributed by atoms with E-state index in [4.69, 9.17) is 0 Å². The number of hydrogen-bond acceptors (Lipinski definition) is 2. The van der Waals surface area contributed by atoms with Crippen molar-refractivity contribution in [1.82, 2.24) is 0 Å². The van der Waals surface area contributed by atoms with E-state index in [1.165, 1.54) is 0 Å². The van der Waals surface area contributed by atoms with Crippen LogP contribution in [0, 0.1) is 3.57 Å². The van der Waals surface area contributed by atoms with Gasteiger partial charge < -0.3 is 5.32 Å². The number of thiophene rings is 1. The van der Waals surface area contributed by atoms with Crippen LogP contribution in [0.15, 0.2) is 34.1 Å². The summed E-state index contributed by atoms with van der Waals surface area (Å²) >= 11 is 7.30. The number of rotatable bonds is 1. The van der Waals surface area contributed by atoms with Crippen molar-refractivity contribution in [1.29, 1.82) is 0 Å². The van der Waals surface area contributed by atoms with Gasteiger partial charge in [-0.05, 0) is 74.9 Å². The lowest BCUT2D eigenvalue weighted by atomic mass is 10.1. The van der Waals surface area contributed by atoms with Crippen LogP contribution in [-0.2, 0) is 4.79 Å². The van der Waals surface area contributed by atoms with E-state index >= 15 is 0 Å². The average molecular weight is 432 g/mol. The first-order chi connectivity index (χ1) is 8.63. The summed E-state index contributed by atoms with van der Waals surface area (Å²) in [5, 5.41) is 2.88. The van der Waals surface area contributed by atoms with E-state index in [1.807, 2.05) is 36.4 Å². The van der Waals surface area contributed by atoms with Gasteiger partial charge in [0, 0.05) is 19.7 Å². The normalized spacial score (nSPS) is 15.9. The Hall–Kier alpha value is -0.660. The van der Waals surface area contributed by atoms with Crippen molar-refractivity contribution in [3.05, 3.63) is 48.1 Å². The van der Waals surface area contributed by atoms with E-state index in [0.29, 0.717) is 0 Å². The number of anilines is 1. The molecule has 0 aliphatic carbocycles. The Morgan fingerprint density at radius 2 is 2.11 bits per heavy atom. The smallest absolute Gasteiger partial charge is 0.256 e. The molecule has 1 amide bonds. The van der Waals surface area contributed by atoms with Gasteiger partial charge >= 0.3 is 0 Å². The van der Waals surface area contributed by atoms with Gasteiger partial charge in [-0.3, -0.25) is 4.79 Å². The summed E-state index contributed by atoms with van der Waals surface area (Å²) in [7, 11) is 0. The molecule has 1 N–H and O–H groups in total. The fourth-order valence-corrected chi connectivity index (χ4v) is 3.71. The minimum atomic E-state index is -0.0310. The SMILES string of the molecule is O=C1Nc2ccc(I)cc2C1=Cc1ccc(Br)s1. The fourth-order valence-electron chi connectivity index (χ4n) is 1.85. The van der Waals surface area contributed by atoms with Gasteiger partial charge in [0.15, 0.2) is 0 Å². The molecule has 0 spiro atoms. The van der Waals surface area contributed by atoms with Crippen LogP contribution in [0.1, 0.15) is 10.4 Å². The van der Waals surface area contributed by atoms with Crippen molar-refractivity contribution in [2.75, 3.05) is 5.32 Å². The molecule has 0 bridgehead atoms. The number of carbonyl (C=O) groups is 1. The van der Waals surface area contributed by atoms with Gasteiger partial charge in [0.25, 0.3) is 5.91 Å². The van der Waals surface area contributed by atoms with Crippen LogP contribution in [0.3, 0.4) is 0 Å². The zero-order chi connectivity index (χ0) is 12.7. The van der Waals surface area contributed by atoms with E-state index in [9.17, 15) is 4.79 Å². The van der Waals surface area contributed by atoms with Crippen LogP contribution in [0.25, 0.3) is 11.6 Å². The maximum absolute atomic E-state index is 12.0. The highest BCUT2D eigenvalue weighted by Gasteiger charge is 2.24. The molecule has 1 aliphatic heterocycles. The van der Waals surface area contributed by atoms with Crippen LogP contribution >= 0.6 is 49.9 Å². The minimum Gasteiger partial charge on any atom is -0.321 e. The van der Waals surface area contributed by atoms with E-state index in [2.05, 4.69) is 43.8 Å². The molecule has 18 heavy (non-hydrogen) atoms. The van der Waals surface area contributed by atoms with Crippen molar-refractivity contribution in [2.45, 2.75) is 0 Å². The third kappa shape index (κ3) is 2.26. The molecule has 0 fully saturated rings. The first-order valence-corrected chi connectivity index (χ1v) is 7.90. The van der Waals surface area contributed by atoms with Crippen LogP contribution in [0.4, 0.5) is 5.69 Å². The van der Waals surface area contributed by atoms with Crippen LogP contribution in [0.5, 0.6) is 0 Å². The standard InChI is InChI=1S/C13H7BrINOS/c14-12-4-2-8(18-12)6-10-9-5-7(15)1-3-11(9)16-13(10)17/h1-6H,(H,16,17). The number of nitrogens with one attached hydrogen (secondary N) is 1. The van der Waals surface area contributed by atoms with Crippen LogP contribution in [0.2, 0.25) is 0 Å². The van der Waals surface area contributed by atoms with Crippen molar-refractivity contribution in [3.63, 3.8) is 0 Å². The Labute approximate surface area is 130 Å². The predicted octanol–water partition coefficient (Wildman–Crippen LogP) is 4.61. The average Bonchev–Trinajstić information content (AvgIpc) is 2.86. The quantitative estimate of drug-likeness (QED) is 0.518. The first-order valence-electron chi connectivity index (χ1n) is 5.22. The summed E-state index contributed by atoms with van der Waals surface area (Å²) < 4.78 is 2.19. The third-order valence-electron chi connectivity index (χ3n) is 2.65. The largest absolute Gasteiger partial charge is 0.321 e. The number of carbonyl (C=O) groups excluding carboxylic acids is 1. The summed E-state index contributed by atoms with van der Waals surface area (Å²) in [5.74, 6) is -0.0310. The van der Waals surface area contributed by atoms with E-state index in [0.717, 1.165) is 29.1 Å². The molecule has 1 aromatic carbocycles. The Morgan fingerprint density at radius 1 is 1.28 bits per heavy atom. The van der Waals surface area contributed by atoms with Gasteiger partial charge in [0.05, 0.1) is 9.36 Å². The summed E-state index contributed by atoms with van der Waals surface area (Å²) in [4.78, 5) is 13.0. The second-order valence-electron chi connectivity index (χ2n) is 3.84. The van der Waals surface area contributed by atoms with Gasteiger partial charge in [0.2, 0.25) is 0 Å². The molecule has 1 aromatic heterocycles. The highest BCUT2D eigenvalue weighted by molar-refractivity contribution is 14.1. The highest BCUT2D eigenvalue weighted by Crippen LogP contribution is 2.35. The number of fused-ring (bicyclic) bond motifs is 1. The molecule has 0 atom stereocenters. The van der Waals surface area contributed by atoms with E-state index in [-0.39, 0.29) is 5.91 Å². The first kappa shape index (κ1) is 12.4. The van der Waals surface area contributed by atoms with Crippen molar-refractivity contribution in [2.24, 2.45) is 0 Å². The number of hydrogen-bond donors (Lipinski definition) is 1. The van der Waals surface area contributed by atoms with Gasteiger partial charge in [-0.25, -0.2) is 0 Å². The van der Waals surface area contributed by atoms with Crippen molar-refractivity contribution in [3.8, 4) is 0 Å². The third-order valence-corrected chi connectivity index (χ3v) is 4.89. The van der Waals surface area contributed by atoms with Gasteiger partial charge in [0.1, 0.15) is 0 Å². The van der Waals surface area contributed by atoms with Crippen molar-refractivity contribution < 1.29 is 4.79 Å². The molecular formula is C13H7BrINOS. The molecule has 1 aliphatic rings. The molecule has 90 valence electrons. The van der Waals surface area contributed by atoms with Gasteiger partial charge in [-0.15, -0.1) is 11.3 Å². The second kappa shape index (κ2) is 4.79. The lowest BCUT2D eigenvalue weighted by molar-refractivity contribution is -0.110. The molecule has 0 radical (unpaired) electrons. The lowest BCUT2D eigenvalue weighted by Crippen LogP contribution is -2.03. The molecule has 2 heterocycles. The lowest BCUT2D eigenvalue weighted by Gasteiger charge is -1.98. The summed E-state index contributed by atoms with van der Waals surface area (Å²) in [5.41, 5.74) is 2.61. The van der Waals surface area contributed by atoms with Crippen LogP contribution < -0.4 is 5.32 Å². The summed E-state index contributed by atoms with van der Waals surface area (Å²) in [6.45, 7) is 0. The Bertz CT molecular complexity index is 677. The number of halogens is 2. The van der Waals surface area contributed by atoms with Gasteiger partial charge in [-0.2, -0.15) is 0 Å². The zero-order valence-corrected chi connectivity index (χ0v) is 13.6. The molecule has 2 nitrogen and oxygen atoms in total. The molecule has 0 saturated carbocycles. The van der Waals surface area contributed by atoms with E-state index < -0.39 is 0 Å². The molecular weight excluding hydrogens is 425 g/mol. The molecule has 5 heteroatoms. The van der Waals surface area contributed by atoms with Gasteiger partial charge in [-0.1, -0.05) is 0 Å². The summed E-state index contributed by atoms with van der Waals surface area (Å²) in [6, 6.07) is 9.95.